The zero-order valence-electron chi connectivity index (χ0n) is 16.2. The second kappa shape index (κ2) is 9.00. The SMILES string of the molecule is C1CCOCC1.Cc1ccc(C#CC2CC2)cc1C(C)c1cn(C)nn1. The minimum Gasteiger partial charge on any atom is -0.381 e. The fourth-order valence-corrected chi connectivity index (χ4v) is 3.01. The summed E-state index contributed by atoms with van der Waals surface area (Å²) in [6.07, 6.45) is 8.44. The van der Waals surface area contributed by atoms with Crippen molar-refractivity contribution >= 4 is 0 Å². The van der Waals surface area contributed by atoms with E-state index in [-0.39, 0.29) is 5.92 Å². The quantitative estimate of drug-likeness (QED) is 0.761. The van der Waals surface area contributed by atoms with Gasteiger partial charge in [0.2, 0.25) is 0 Å². The number of hydrogen-bond donors (Lipinski definition) is 0. The Morgan fingerprint density at radius 2 is 1.96 bits per heavy atom. The number of nitrogens with zero attached hydrogens (tertiary/aromatic N) is 3. The standard InChI is InChI=1S/C17H19N3.C5H10O/c1-12-4-5-15(9-8-14-6-7-14)10-16(12)13(2)17-11-20(3)19-18-17;1-2-4-6-5-3-1/h4-5,10-11,13-14H,6-7H2,1-3H3;1-5H2. The first-order chi connectivity index (χ1) is 12.6. The van der Waals surface area contributed by atoms with Gasteiger partial charge in [-0.2, -0.15) is 0 Å². The van der Waals surface area contributed by atoms with Crippen molar-refractivity contribution in [2.45, 2.75) is 51.9 Å². The van der Waals surface area contributed by atoms with E-state index in [1.165, 1.54) is 43.2 Å². The second-order valence-corrected chi connectivity index (χ2v) is 7.33. The van der Waals surface area contributed by atoms with E-state index in [1.807, 2.05) is 13.2 Å². The first-order valence-corrected chi connectivity index (χ1v) is 9.69. The van der Waals surface area contributed by atoms with Crippen molar-refractivity contribution in [1.82, 2.24) is 15.0 Å². The van der Waals surface area contributed by atoms with Gasteiger partial charge in [0, 0.05) is 43.9 Å². The third-order valence-electron chi connectivity index (χ3n) is 4.89. The molecule has 2 aliphatic rings. The lowest BCUT2D eigenvalue weighted by atomic mass is 9.92. The third kappa shape index (κ3) is 5.44. The maximum atomic E-state index is 5.07. The summed E-state index contributed by atoms with van der Waals surface area (Å²) in [6.45, 7) is 6.31. The van der Waals surface area contributed by atoms with E-state index >= 15 is 0 Å². The molecule has 1 saturated heterocycles. The minimum atomic E-state index is 0.242. The van der Waals surface area contributed by atoms with E-state index < -0.39 is 0 Å². The number of benzene rings is 1. The summed E-state index contributed by atoms with van der Waals surface area (Å²) >= 11 is 0. The van der Waals surface area contributed by atoms with Crippen LogP contribution in [0.5, 0.6) is 0 Å². The van der Waals surface area contributed by atoms with E-state index in [0.29, 0.717) is 5.92 Å². The Hall–Kier alpha value is -2.12. The minimum absolute atomic E-state index is 0.242. The zero-order chi connectivity index (χ0) is 18.4. The highest BCUT2D eigenvalue weighted by Gasteiger charge is 2.18. The van der Waals surface area contributed by atoms with Crippen LogP contribution in [0, 0.1) is 24.7 Å². The van der Waals surface area contributed by atoms with E-state index in [0.717, 1.165) is 24.5 Å². The molecule has 1 unspecified atom stereocenters. The van der Waals surface area contributed by atoms with Crippen molar-refractivity contribution in [2.24, 2.45) is 13.0 Å². The van der Waals surface area contributed by atoms with Gasteiger partial charge < -0.3 is 4.74 Å². The molecular formula is C22H29N3O. The summed E-state index contributed by atoms with van der Waals surface area (Å²) < 4.78 is 6.82. The van der Waals surface area contributed by atoms with Crippen molar-refractivity contribution in [3.8, 4) is 11.8 Å². The van der Waals surface area contributed by atoms with Gasteiger partial charge in [0.25, 0.3) is 0 Å². The fraction of sp³-hybridized carbons (Fsp3) is 0.545. The topological polar surface area (TPSA) is 39.9 Å². The molecule has 0 radical (unpaired) electrons. The second-order valence-electron chi connectivity index (χ2n) is 7.33. The maximum absolute atomic E-state index is 5.07. The van der Waals surface area contributed by atoms with Gasteiger partial charge >= 0.3 is 0 Å². The monoisotopic (exact) mass is 351 g/mol. The highest BCUT2D eigenvalue weighted by Crippen LogP contribution is 2.28. The molecule has 1 saturated carbocycles. The summed E-state index contributed by atoms with van der Waals surface area (Å²) in [7, 11) is 1.90. The van der Waals surface area contributed by atoms with Gasteiger partial charge in [0.15, 0.2) is 0 Å². The Labute approximate surface area is 156 Å². The Morgan fingerprint density at radius 3 is 2.50 bits per heavy atom. The molecule has 0 bridgehead atoms. The third-order valence-corrected chi connectivity index (χ3v) is 4.89. The normalized spacial score (nSPS) is 17.5. The predicted octanol–water partition coefficient (Wildman–Crippen LogP) is 4.22. The van der Waals surface area contributed by atoms with Crippen LogP contribution in [-0.4, -0.2) is 28.2 Å². The van der Waals surface area contributed by atoms with Crippen molar-refractivity contribution in [2.75, 3.05) is 13.2 Å². The van der Waals surface area contributed by atoms with Crippen LogP contribution in [0.15, 0.2) is 24.4 Å². The molecule has 1 atom stereocenters. The first kappa shape index (κ1) is 18.7. The zero-order valence-corrected chi connectivity index (χ0v) is 16.2. The Balaban J connectivity index is 0.000000278. The summed E-state index contributed by atoms with van der Waals surface area (Å²) in [4.78, 5) is 0. The fourth-order valence-electron chi connectivity index (χ4n) is 3.01. The summed E-state index contributed by atoms with van der Waals surface area (Å²) in [5.41, 5.74) is 4.67. The molecule has 26 heavy (non-hydrogen) atoms. The number of aryl methyl sites for hydroxylation is 2. The van der Waals surface area contributed by atoms with Crippen LogP contribution in [0.25, 0.3) is 0 Å². The molecular weight excluding hydrogens is 322 g/mol. The average Bonchev–Trinajstić information content (AvgIpc) is 3.41. The van der Waals surface area contributed by atoms with Crippen molar-refractivity contribution in [3.63, 3.8) is 0 Å². The number of rotatable bonds is 2. The molecule has 0 N–H and O–H groups in total. The Bertz CT molecular complexity index is 765. The Morgan fingerprint density at radius 1 is 1.19 bits per heavy atom. The van der Waals surface area contributed by atoms with Gasteiger partial charge in [0.1, 0.15) is 0 Å². The molecule has 1 aliphatic carbocycles. The van der Waals surface area contributed by atoms with Crippen LogP contribution < -0.4 is 0 Å². The largest absolute Gasteiger partial charge is 0.381 e. The molecule has 138 valence electrons. The lowest BCUT2D eigenvalue weighted by Gasteiger charge is -2.12. The Kier molecular flexibility index (Phi) is 6.46. The van der Waals surface area contributed by atoms with Crippen molar-refractivity contribution < 1.29 is 4.74 Å². The van der Waals surface area contributed by atoms with Gasteiger partial charge in [-0.15, -0.1) is 5.10 Å². The molecule has 4 rings (SSSR count). The molecule has 2 fully saturated rings. The first-order valence-electron chi connectivity index (χ1n) is 9.69. The summed E-state index contributed by atoms with van der Waals surface area (Å²) in [5, 5.41) is 8.25. The number of aromatic nitrogens is 3. The molecule has 2 aromatic rings. The number of hydrogen-bond acceptors (Lipinski definition) is 3. The highest BCUT2D eigenvalue weighted by atomic mass is 16.5. The van der Waals surface area contributed by atoms with Gasteiger partial charge in [-0.25, -0.2) is 0 Å². The maximum Gasteiger partial charge on any atom is 0.0898 e. The lowest BCUT2D eigenvalue weighted by Crippen LogP contribution is -2.03. The molecule has 0 spiro atoms. The van der Waals surface area contributed by atoms with Gasteiger partial charge in [-0.05, 0) is 62.3 Å². The summed E-state index contributed by atoms with van der Waals surface area (Å²) in [5.74, 6) is 7.49. The van der Waals surface area contributed by atoms with Crippen LogP contribution in [0.4, 0.5) is 0 Å². The van der Waals surface area contributed by atoms with Crippen molar-refractivity contribution in [1.29, 1.82) is 0 Å². The molecule has 1 aromatic carbocycles. The number of ether oxygens (including phenoxy) is 1. The van der Waals surface area contributed by atoms with Crippen LogP contribution in [0.2, 0.25) is 0 Å². The van der Waals surface area contributed by atoms with Crippen LogP contribution in [-0.2, 0) is 11.8 Å². The van der Waals surface area contributed by atoms with Gasteiger partial charge in [-0.3, -0.25) is 4.68 Å². The predicted molar refractivity (Wildman–Crippen MR) is 104 cm³/mol. The molecule has 4 nitrogen and oxygen atoms in total. The lowest BCUT2D eigenvalue weighted by molar-refractivity contribution is 0.0968. The molecule has 4 heteroatoms. The molecule has 1 aromatic heterocycles. The van der Waals surface area contributed by atoms with E-state index in [1.54, 1.807) is 4.68 Å². The van der Waals surface area contributed by atoms with E-state index in [4.69, 9.17) is 4.74 Å². The van der Waals surface area contributed by atoms with Crippen LogP contribution in [0.1, 0.15) is 67.3 Å². The van der Waals surface area contributed by atoms with Crippen molar-refractivity contribution in [3.05, 3.63) is 46.8 Å². The summed E-state index contributed by atoms with van der Waals surface area (Å²) in [6, 6.07) is 6.46. The van der Waals surface area contributed by atoms with Gasteiger partial charge in [-0.1, -0.05) is 30.0 Å². The van der Waals surface area contributed by atoms with Crippen LogP contribution in [0.3, 0.4) is 0 Å². The molecule has 0 amide bonds. The van der Waals surface area contributed by atoms with Gasteiger partial charge in [0.05, 0.1) is 5.69 Å². The van der Waals surface area contributed by atoms with E-state index in [2.05, 4.69) is 54.2 Å². The molecule has 2 heterocycles. The highest BCUT2D eigenvalue weighted by molar-refractivity contribution is 5.44. The van der Waals surface area contributed by atoms with Crippen LogP contribution >= 0.6 is 0 Å². The van der Waals surface area contributed by atoms with E-state index in [9.17, 15) is 0 Å². The molecule has 1 aliphatic heterocycles. The average molecular weight is 351 g/mol. The smallest absolute Gasteiger partial charge is 0.0898 e.